The van der Waals surface area contributed by atoms with Crippen molar-refractivity contribution in [3.8, 4) is 0 Å². The maximum atomic E-state index is 12.6. The molecule has 1 saturated carbocycles. The van der Waals surface area contributed by atoms with Crippen LogP contribution in [0.4, 0.5) is 19.0 Å². The van der Waals surface area contributed by atoms with Gasteiger partial charge in [0.05, 0.1) is 0 Å². The lowest BCUT2D eigenvalue weighted by Gasteiger charge is -2.15. The largest absolute Gasteiger partial charge is 0.451 e. The number of alkyl halides is 3. The molecule has 1 heterocycles. The molecule has 1 aliphatic carbocycles. The van der Waals surface area contributed by atoms with Gasteiger partial charge in [-0.1, -0.05) is 11.6 Å². The molecule has 0 saturated heterocycles. The summed E-state index contributed by atoms with van der Waals surface area (Å²) in [6.07, 6.45) is 0.359. The molecule has 2 rings (SSSR count). The average molecular weight is 312 g/mol. The number of hydrogen-bond acceptors (Lipinski definition) is 4. The summed E-state index contributed by atoms with van der Waals surface area (Å²) in [5.74, 6) is -1.07. The van der Waals surface area contributed by atoms with Crippen molar-refractivity contribution in [1.82, 2.24) is 9.97 Å². The second-order valence-corrected chi connectivity index (χ2v) is 5.93. The first-order valence-corrected chi connectivity index (χ1v) is 7.46. The van der Waals surface area contributed by atoms with Gasteiger partial charge in [0.1, 0.15) is 11.0 Å². The second kappa shape index (κ2) is 5.75. The summed E-state index contributed by atoms with van der Waals surface area (Å²) >= 11 is 7.38. The molecule has 8 heteroatoms. The minimum atomic E-state index is -4.58. The van der Waals surface area contributed by atoms with Crippen molar-refractivity contribution in [3.05, 3.63) is 17.0 Å². The molecule has 0 spiro atoms. The fraction of sp³-hybridized carbons (Fsp3) is 0.636. The van der Waals surface area contributed by atoms with Gasteiger partial charge in [-0.3, -0.25) is 0 Å². The van der Waals surface area contributed by atoms with Gasteiger partial charge in [-0.2, -0.15) is 24.9 Å². The van der Waals surface area contributed by atoms with Crippen LogP contribution in [0.1, 0.15) is 25.1 Å². The Hall–Kier alpha value is -0.690. The van der Waals surface area contributed by atoms with Gasteiger partial charge in [0.2, 0.25) is 5.82 Å². The number of thioether (sulfide) groups is 1. The summed E-state index contributed by atoms with van der Waals surface area (Å²) in [6.45, 7) is 0. The fourth-order valence-corrected chi connectivity index (χ4v) is 3.09. The first-order valence-electron chi connectivity index (χ1n) is 5.79. The van der Waals surface area contributed by atoms with Crippen LogP contribution >= 0.6 is 23.4 Å². The topological polar surface area (TPSA) is 37.8 Å². The van der Waals surface area contributed by atoms with Crippen LogP contribution in [-0.2, 0) is 6.18 Å². The van der Waals surface area contributed by atoms with Gasteiger partial charge in [0.15, 0.2) is 0 Å². The standard InChI is InChI=1S/C11H13ClF3N3S/c1-19-7-3-2-6(4-7)16-9-5-8(12)17-10(18-9)11(13,14)15/h5-7H,2-4H2,1H3,(H,16,17,18). The quantitative estimate of drug-likeness (QED) is 0.861. The van der Waals surface area contributed by atoms with Crippen molar-refractivity contribution in [3.63, 3.8) is 0 Å². The lowest BCUT2D eigenvalue weighted by atomic mass is 10.2. The Morgan fingerprint density at radius 1 is 1.37 bits per heavy atom. The van der Waals surface area contributed by atoms with Gasteiger partial charge in [-0.25, -0.2) is 9.97 Å². The predicted molar refractivity (Wildman–Crippen MR) is 70.6 cm³/mol. The van der Waals surface area contributed by atoms with Gasteiger partial charge >= 0.3 is 6.18 Å². The van der Waals surface area contributed by atoms with E-state index in [9.17, 15) is 13.2 Å². The van der Waals surface area contributed by atoms with E-state index < -0.39 is 12.0 Å². The van der Waals surface area contributed by atoms with Crippen LogP contribution in [0.15, 0.2) is 6.07 Å². The predicted octanol–water partition coefficient (Wildman–Crippen LogP) is 3.84. The highest BCUT2D eigenvalue weighted by molar-refractivity contribution is 7.99. The first kappa shape index (κ1) is 14.7. The Bertz CT molecular complexity index is 455. The highest BCUT2D eigenvalue weighted by Gasteiger charge is 2.35. The van der Waals surface area contributed by atoms with Gasteiger partial charge in [-0.15, -0.1) is 0 Å². The SMILES string of the molecule is CSC1CCC(Nc2cc(Cl)nc(C(F)(F)F)n2)C1. The van der Waals surface area contributed by atoms with E-state index in [-0.39, 0.29) is 17.0 Å². The van der Waals surface area contributed by atoms with E-state index in [2.05, 4.69) is 15.3 Å². The molecule has 0 aromatic carbocycles. The molecule has 19 heavy (non-hydrogen) atoms. The maximum absolute atomic E-state index is 12.6. The summed E-state index contributed by atoms with van der Waals surface area (Å²) in [6, 6.07) is 1.47. The zero-order chi connectivity index (χ0) is 14.0. The Labute approximate surface area is 118 Å². The fourth-order valence-electron chi connectivity index (χ4n) is 2.11. The summed E-state index contributed by atoms with van der Waals surface area (Å²) in [4.78, 5) is 6.68. The molecular weight excluding hydrogens is 299 g/mol. The number of nitrogens with one attached hydrogen (secondary N) is 1. The highest BCUT2D eigenvalue weighted by Crippen LogP contribution is 2.32. The van der Waals surface area contributed by atoms with Crippen LogP contribution < -0.4 is 5.32 Å². The van der Waals surface area contributed by atoms with Gasteiger partial charge in [0.25, 0.3) is 0 Å². The molecule has 3 nitrogen and oxygen atoms in total. The first-order chi connectivity index (χ1) is 8.88. The number of aromatic nitrogens is 2. The van der Waals surface area contributed by atoms with Crippen molar-refractivity contribution in [2.75, 3.05) is 11.6 Å². The van der Waals surface area contributed by atoms with E-state index in [4.69, 9.17) is 11.6 Å². The van der Waals surface area contributed by atoms with Crippen molar-refractivity contribution < 1.29 is 13.2 Å². The maximum Gasteiger partial charge on any atom is 0.451 e. The van der Waals surface area contributed by atoms with E-state index in [1.165, 1.54) is 6.07 Å². The van der Waals surface area contributed by atoms with Crippen molar-refractivity contribution >= 4 is 29.2 Å². The van der Waals surface area contributed by atoms with E-state index in [1.807, 2.05) is 6.26 Å². The average Bonchev–Trinajstić information content (AvgIpc) is 2.75. The number of hydrogen-bond donors (Lipinski definition) is 1. The van der Waals surface area contributed by atoms with Crippen LogP contribution in [0.25, 0.3) is 0 Å². The molecule has 1 fully saturated rings. The molecular formula is C11H13ClF3N3S. The molecule has 0 amide bonds. The molecule has 2 unspecified atom stereocenters. The zero-order valence-corrected chi connectivity index (χ0v) is 11.7. The van der Waals surface area contributed by atoms with Gasteiger partial charge < -0.3 is 5.32 Å². The van der Waals surface area contributed by atoms with Gasteiger partial charge in [0, 0.05) is 17.4 Å². The normalized spacial score (nSPS) is 23.6. The van der Waals surface area contributed by atoms with Crippen molar-refractivity contribution in [2.45, 2.75) is 36.7 Å². The molecule has 2 atom stereocenters. The molecule has 1 aromatic rings. The Kier molecular flexibility index (Phi) is 4.45. The van der Waals surface area contributed by atoms with Gasteiger partial charge in [-0.05, 0) is 25.5 Å². The monoisotopic (exact) mass is 311 g/mol. The number of rotatable bonds is 3. The van der Waals surface area contributed by atoms with E-state index in [0.29, 0.717) is 5.25 Å². The molecule has 106 valence electrons. The van der Waals surface area contributed by atoms with Crippen LogP contribution in [-0.4, -0.2) is 27.5 Å². The Balaban J connectivity index is 2.11. The smallest absolute Gasteiger partial charge is 0.367 e. The lowest BCUT2D eigenvalue weighted by Crippen LogP contribution is -2.19. The Morgan fingerprint density at radius 3 is 2.68 bits per heavy atom. The minimum absolute atomic E-state index is 0.138. The summed E-state index contributed by atoms with van der Waals surface area (Å²) in [5, 5.41) is 3.36. The van der Waals surface area contributed by atoms with Crippen molar-refractivity contribution in [1.29, 1.82) is 0 Å². The molecule has 0 bridgehead atoms. The van der Waals surface area contributed by atoms with Crippen LogP contribution in [0.2, 0.25) is 5.15 Å². The van der Waals surface area contributed by atoms with Crippen LogP contribution in [0.5, 0.6) is 0 Å². The molecule has 0 aliphatic heterocycles. The van der Waals surface area contributed by atoms with E-state index >= 15 is 0 Å². The summed E-state index contributed by atoms with van der Waals surface area (Å²) in [5.41, 5.74) is 0. The third-order valence-corrected chi connectivity index (χ3v) is 4.31. The molecule has 1 aliphatic rings. The second-order valence-electron chi connectivity index (χ2n) is 4.41. The number of anilines is 1. The highest BCUT2D eigenvalue weighted by atomic mass is 35.5. The van der Waals surface area contributed by atoms with Crippen LogP contribution in [0.3, 0.4) is 0 Å². The lowest BCUT2D eigenvalue weighted by molar-refractivity contribution is -0.144. The molecule has 1 aromatic heterocycles. The molecule has 0 radical (unpaired) electrons. The number of nitrogens with zero attached hydrogens (tertiary/aromatic N) is 2. The Morgan fingerprint density at radius 2 is 2.11 bits per heavy atom. The molecule has 1 N–H and O–H groups in total. The van der Waals surface area contributed by atoms with E-state index in [1.54, 1.807) is 11.8 Å². The number of halogens is 4. The van der Waals surface area contributed by atoms with Crippen molar-refractivity contribution in [2.24, 2.45) is 0 Å². The van der Waals surface area contributed by atoms with E-state index in [0.717, 1.165) is 19.3 Å². The van der Waals surface area contributed by atoms with Crippen LogP contribution in [0, 0.1) is 0 Å². The third kappa shape index (κ3) is 3.89. The summed E-state index contributed by atoms with van der Waals surface area (Å²) < 4.78 is 37.7. The minimum Gasteiger partial charge on any atom is -0.367 e. The zero-order valence-electron chi connectivity index (χ0n) is 10.2. The third-order valence-electron chi connectivity index (χ3n) is 3.02. The summed E-state index contributed by atoms with van der Waals surface area (Å²) in [7, 11) is 0.